The van der Waals surface area contributed by atoms with E-state index in [-0.39, 0.29) is 35.9 Å². The van der Waals surface area contributed by atoms with Crippen molar-refractivity contribution < 1.29 is 33.5 Å². The Labute approximate surface area is 201 Å². The molecule has 0 radical (unpaired) electrons. The van der Waals surface area contributed by atoms with E-state index in [0.717, 1.165) is 0 Å². The van der Waals surface area contributed by atoms with Gasteiger partial charge in [0, 0.05) is 17.5 Å². The summed E-state index contributed by atoms with van der Waals surface area (Å²) in [6, 6.07) is 11.3. The van der Waals surface area contributed by atoms with Crippen LogP contribution < -0.4 is 14.4 Å². The van der Waals surface area contributed by atoms with Crippen LogP contribution in [0.25, 0.3) is 0 Å². The van der Waals surface area contributed by atoms with Crippen LogP contribution in [0.1, 0.15) is 32.3 Å². The van der Waals surface area contributed by atoms with Crippen LogP contribution in [0.4, 0.5) is 11.4 Å². The molecule has 35 heavy (non-hydrogen) atoms. The second-order valence-electron chi connectivity index (χ2n) is 7.84. The van der Waals surface area contributed by atoms with Crippen molar-refractivity contribution in [3.63, 3.8) is 0 Å². The molecule has 10 nitrogen and oxygen atoms in total. The van der Waals surface area contributed by atoms with Gasteiger partial charge in [0.25, 0.3) is 5.69 Å². The molecule has 0 bridgehead atoms. The van der Waals surface area contributed by atoms with E-state index in [4.69, 9.17) is 18.9 Å². The first kappa shape index (κ1) is 23.8. The molecule has 0 spiro atoms. The number of nitrogens with zero attached hydrogens (tertiary/aromatic N) is 2. The number of rotatable bonds is 6. The maximum Gasteiger partial charge on any atom is 0.336 e. The third-order valence-electron chi connectivity index (χ3n) is 5.98. The van der Waals surface area contributed by atoms with Gasteiger partial charge in [-0.2, -0.15) is 0 Å². The van der Waals surface area contributed by atoms with Crippen molar-refractivity contribution in [1.29, 1.82) is 0 Å². The van der Waals surface area contributed by atoms with Gasteiger partial charge in [-0.15, -0.1) is 0 Å². The number of carbonyl (C=O) groups is 2. The van der Waals surface area contributed by atoms with E-state index in [2.05, 4.69) is 0 Å². The van der Waals surface area contributed by atoms with Crippen molar-refractivity contribution >= 4 is 23.3 Å². The SMILES string of the molecule is CCOC(=O)C1=C(C)N(c2ccccc2[N+](=O)[O-])C(C)=C(C(=O)OC)C1c1ccc2c(c1)OCO2. The number of nitro benzene ring substituents is 1. The molecule has 2 aromatic carbocycles. The Morgan fingerprint density at radius 1 is 1.06 bits per heavy atom. The number of hydrogen-bond acceptors (Lipinski definition) is 9. The summed E-state index contributed by atoms with van der Waals surface area (Å²) >= 11 is 0. The Hall–Kier alpha value is -4.34. The Balaban J connectivity index is 2.01. The topological polar surface area (TPSA) is 117 Å². The van der Waals surface area contributed by atoms with E-state index < -0.39 is 22.8 Å². The van der Waals surface area contributed by atoms with Crippen LogP contribution in [0.5, 0.6) is 11.5 Å². The Morgan fingerprint density at radius 2 is 1.71 bits per heavy atom. The molecule has 2 aliphatic heterocycles. The highest BCUT2D eigenvalue weighted by Gasteiger charge is 2.42. The molecule has 10 heteroatoms. The number of fused-ring (bicyclic) bond motifs is 1. The standard InChI is InChI=1S/C25H24N2O8/c1-5-33-25(29)22-15(3)26(17-8-6-7-9-18(17)27(30)31)14(2)21(24(28)32-4)23(22)16-10-11-19-20(12-16)35-13-34-19/h6-12,23H,5,13H2,1-4H3. The van der Waals surface area contributed by atoms with E-state index in [0.29, 0.717) is 28.5 Å². The van der Waals surface area contributed by atoms with Gasteiger partial charge in [0.2, 0.25) is 6.79 Å². The average Bonchev–Trinajstić information content (AvgIpc) is 3.31. The molecule has 0 N–H and O–H groups in total. The van der Waals surface area contributed by atoms with Gasteiger partial charge in [-0.3, -0.25) is 10.1 Å². The fourth-order valence-corrected chi connectivity index (χ4v) is 4.50. The first-order valence-electron chi connectivity index (χ1n) is 10.9. The van der Waals surface area contributed by atoms with Crippen molar-refractivity contribution in [2.75, 3.05) is 25.4 Å². The van der Waals surface area contributed by atoms with Crippen LogP contribution in [0.15, 0.2) is 65.0 Å². The van der Waals surface area contributed by atoms with Gasteiger partial charge in [0.1, 0.15) is 5.69 Å². The van der Waals surface area contributed by atoms with Crippen LogP contribution in [0.2, 0.25) is 0 Å². The lowest BCUT2D eigenvalue weighted by Gasteiger charge is -2.37. The van der Waals surface area contributed by atoms with Crippen LogP contribution in [0, 0.1) is 10.1 Å². The molecular formula is C25H24N2O8. The third-order valence-corrected chi connectivity index (χ3v) is 5.98. The highest BCUT2D eigenvalue weighted by atomic mass is 16.7. The number of carbonyl (C=O) groups excluding carboxylic acids is 2. The highest BCUT2D eigenvalue weighted by Crippen LogP contribution is 2.47. The molecule has 0 aromatic heterocycles. The predicted octanol–water partition coefficient (Wildman–Crippen LogP) is 4.21. The molecule has 1 atom stereocenters. The van der Waals surface area contributed by atoms with Crippen molar-refractivity contribution in [2.24, 2.45) is 0 Å². The Kier molecular flexibility index (Phi) is 6.46. The first-order valence-corrected chi connectivity index (χ1v) is 10.9. The van der Waals surface area contributed by atoms with Gasteiger partial charge in [-0.1, -0.05) is 18.2 Å². The van der Waals surface area contributed by atoms with E-state index in [1.807, 2.05) is 0 Å². The summed E-state index contributed by atoms with van der Waals surface area (Å²) in [5, 5.41) is 11.8. The molecule has 4 rings (SSSR count). The van der Waals surface area contributed by atoms with Crippen molar-refractivity contribution in [3.8, 4) is 11.5 Å². The van der Waals surface area contributed by atoms with E-state index in [9.17, 15) is 19.7 Å². The first-order chi connectivity index (χ1) is 16.8. The third kappa shape index (κ3) is 4.07. The van der Waals surface area contributed by atoms with Gasteiger partial charge < -0.3 is 23.8 Å². The minimum absolute atomic E-state index is 0.0627. The van der Waals surface area contributed by atoms with Crippen LogP contribution in [-0.4, -0.2) is 37.4 Å². The number of esters is 2. The van der Waals surface area contributed by atoms with Crippen molar-refractivity contribution in [3.05, 3.63) is 80.7 Å². The molecule has 0 saturated carbocycles. The van der Waals surface area contributed by atoms with E-state index in [1.54, 1.807) is 57.2 Å². The smallest absolute Gasteiger partial charge is 0.336 e. The second kappa shape index (κ2) is 9.49. The summed E-state index contributed by atoms with van der Waals surface area (Å²) in [6.45, 7) is 5.17. The molecule has 0 fully saturated rings. The second-order valence-corrected chi connectivity index (χ2v) is 7.84. The van der Waals surface area contributed by atoms with Crippen LogP contribution >= 0.6 is 0 Å². The van der Waals surface area contributed by atoms with Gasteiger partial charge in [0.05, 0.1) is 35.7 Å². The summed E-state index contributed by atoms with van der Waals surface area (Å²) in [6.07, 6.45) is 0. The van der Waals surface area contributed by atoms with Crippen molar-refractivity contribution in [2.45, 2.75) is 26.7 Å². The molecule has 2 heterocycles. The average molecular weight is 480 g/mol. The number of ether oxygens (including phenoxy) is 4. The summed E-state index contributed by atoms with van der Waals surface area (Å²) in [5.74, 6) is -1.17. The number of para-hydroxylation sites is 2. The lowest BCUT2D eigenvalue weighted by molar-refractivity contribution is -0.384. The molecular weight excluding hydrogens is 456 g/mol. The fraction of sp³-hybridized carbons (Fsp3) is 0.280. The maximum atomic E-state index is 13.3. The zero-order valence-corrected chi connectivity index (χ0v) is 19.7. The minimum atomic E-state index is -0.866. The normalized spacial score (nSPS) is 16.9. The summed E-state index contributed by atoms with van der Waals surface area (Å²) < 4.78 is 21.4. The number of nitro groups is 1. The van der Waals surface area contributed by atoms with Gasteiger partial charge in [0.15, 0.2) is 11.5 Å². The Morgan fingerprint density at radius 3 is 2.37 bits per heavy atom. The molecule has 1 unspecified atom stereocenters. The number of anilines is 1. The molecule has 0 aliphatic carbocycles. The summed E-state index contributed by atoms with van der Waals surface area (Å²) in [5.41, 5.74) is 1.71. The van der Waals surface area contributed by atoms with Crippen LogP contribution in [-0.2, 0) is 19.1 Å². The van der Waals surface area contributed by atoms with Gasteiger partial charge in [-0.05, 0) is 44.5 Å². The lowest BCUT2D eigenvalue weighted by Crippen LogP contribution is -2.35. The zero-order valence-electron chi connectivity index (χ0n) is 19.7. The maximum absolute atomic E-state index is 13.3. The number of hydrogen-bond donors (Lipinski definition) is 0. The number of allylic oxidation sites excluding steroid dienone is 2. The molecule has 2 aromatic rings. The summed E-state index contributed by atoms with van der Waals surface area (Å²) in [7, 11) is 1.24. The zero-order chi connectivity index (χ0) is 25.3. The largest absolute Gasteiger partial charge is 0.466 e. The number of methoxy groups -OCH3 is 1. The predicted molar refractivity (Wildman–Crippen MR) is 125 cm³/mol. The quantitative estimate of drug-likeness (QED) is 0.340. The minimum Gasteiger partial charge on any atom is -0.466 e. The van der Waals surface area contributed by atoms with E-state index in [1.165, 1.54) is 18.1 Å². The summed E-state index contributed by atoms with van der Waals surface area (Å²) in [4.78, 5) is 39.3. The fourth-order valence-electron chi connectivity index (χ4n) is 4.50. The molecule has 2 aliphatic rings. The van der Waals surface area contributed by atoms with Crippen molar-refractivity contribution in [1.82, 2.24) is 0 Å². The Bertz CT molecular complexity index is 1280. The molecule has 0 saturated heterocycles. The van der Waals surface area contributed by atoms with Crippen LogP contribution in [0.3, 0.4) is 0 Å². The monoisotopic (exact) mass is 480 g/mol. The lowest BCUT2D eigenvalue weighted by atomic mass is 9.79. The molecule has 182 valence electrons. The van der Waals surface area contributed by atoms with Gasteiger partial charge >= 0.3 is 11.9 Å². The molecule has 0 amide bonds. The highest BCUT2D eigenvalue weighted by molar-refractivity contribution is 6.02. The van der Waals surface area contributed by atoms with Gasteiger partial charge in [-0.25, -0.2) is 9.59 Å². The van der Waals surface area contributed by atoms with E-state index >= 15 is 0 Å². The number of benzene rings is 2.